The molecule has 1 aromatic heterocycles. The van der Waals surface area contributed by atoms with E-state index in [1.165, 1.54) is 0 Å². The first-order valence-corrected chi connectivity index (χ1v) is 7.74. The summed E-state index contributed by atoms with van der Waals surface area (Å²) < 4.78 is 6.37. The molecule has 19 heavy (non-hydrogen) atoms. The molecular weight excluding hydrogens is 306 g/mol. The predicted octanol–water partition coefficient (Wildman–Crippen LogP) is 3.45. The molecule has 0 spiro atoms. The van der Waals surface area contributed by atoms with Crippen LogP contribution in [0.1, 0.15) is 39.2 Å². The number of halogens is 1. The smallest absolute Gasteiger partial charge is 0.144 e. The van der Waals surface area contributed by atoms with Crippen molar-refractivity contribution in [3.8, 4) is 0 Å². The predicted molar refractivity (Wildman–Crippen MR) is 82.6 cm³/mol. The van der Waals surface area contributed by atoms with E-state index in [-0.39, 0.29) is 0 Å². The molecule has 1 rings (SSSR count). The van der Waals surface area contributed by atoms with Gasteiger partial charge >= 0.3 is 0 Å². The monoisotopic (exact) mass is 329 g/mol. The molecule has 0 aliphatic rings. The molecule has 0 saturated heterocycles. The lowest BCUT2D eigenvalue weighted by Crippen LogP contribution is -2.11. The molecule has 0 aliphatic heterocycles. The zero-order chi connectivity index (χ0) is 14.3. The van der Waals surface area contributed by atoms with Crippen LogP contribution in [0.4, 0.5) is 5.82 Å². The molecule has 5 heteroatoms. The molecule has 108 valence electrons. The highest BCUT2D eigenvalue weighted by atomic mass is 79.9. The molecular formula is C14H24BrN3O. The van der Waals surface area contributed by atoms with Crippen molar-refractivity contribution in [1.29, 1.82) is 0 Å². The van der Waals surface area contributed by atoms with E-state index < -0.39 is 0 Å². The third-order valence-electron chi connectivity index (χ3n) is 2.59. The van der Waals surface area contributed by atoms with E-state index in [1.54, 1.807) is 0 Å². The van der Waals surface area contributed by atoms with E-state index in [0.717, 1.165) is 47.8 Å². The highest BCUT2D eigenvalue weighted by molar-refractivity contribution is 9.10. The molecule has 1 aromatic rings. The SMILES string of the molecule is CCNc1nc(CCOCC)nc(CC(C)C)c1Br. The summed E-state index contributed by atoms with van der Waals surface area (Å²) in [5.41, 5.74) is 1.08. The molecule has 1 heterocycles. The minimum absolute atomic E-state index is 0.570. The summed E-state index contributed by atoms with van der Waals surface area (Å²) in [5, 5.41) is 3.28. The Morgan fingerprint density at radius 2 is 2.00 bits per heavy atom. The van der Waals surface area contributed by atoms with E-state index in [9.17, 15) is 0 Å². The van der Waals surface area contributed by atoms with E-state index in [2.05, 4.69) is 52.0 Å². The van der Waals surface area contributed by atoms with Gasteiger partial charge in [-0.05, 0) is 42.1 Å². The number of hydrogen-bond donors (Lipinski definition) is 1. The van der Waals surface area contributed by atoms with Gasteiger partial charge in [-0.1, -0.05) is 13.8 Å². The van der Waals surface area contributed by atoms with Gasteiger partial charge in [0.05, 0.1) is 16.8 Å². The summed E-state index contributed by atoms with van der Waals surface area (Å²) in [6.07, 6.45) is 1.70. The topological polar surface area (TPSA) is 47.0 Å². The van der Waals surface area contributed by atoms with Gasteiger partial charge < -0.3 is 10.1 Å². The first-order valence-electron chi connectivity index (χ1n) is 6.95. The highest BCUT2D eigenvalue weighted by Gasteiger charge is 2.13. The number of nitrogens with zero attached hydrogens (tertiary/aromatic N) is 2. The Morgan fingerprint density at radius 3 is 2.58 bits per heavy atom. The van der Waals surface area contributed by atoms with Gasteiger partial charge in [0.1, 0.15) is 11.6 Å². The van der Waals surface area contributed by atoms with Crippen LogP contribution in [0.3, 0.4) is 0 Å². The Kier molecular flexibility index (Phi) is 7.31. The van der Waals surface area contributed by atoms with Crippen LogP contribution in [0.15, 0.2) is 4.47 Å². The molecule has 0 aliphatic carbocycles. The maximum atomic E-state index is 5.38. The van der Waals surface area contributed by atoms with E-state index in [4.69, 9.17) is 4.74 Å². The van der Waals surface area contributed by atoms with Crippen molar-refractivity contribution in [3.63, 3.8) is 0 Å². The molecule has 0 atom stereocenters. The van der Waals surface area contributed by atoms with Crippen LogP contribution in [0.25, 0.3) is 0 Å². The largest absolute Gasteiger partial charge is 0.381 e. The molecule has 0 saturated carbocycles. The normalized spacial score (nSPS) is 11.1. The molecule has 0 radical (unpaired) electrons. The van der Waals surface area contributed by atoms with Crippen molar-refractivity contribution >= 4 is 21.7 Å². The van der Waals surface area contributed by atoms with Crippen LogP contribution < -0.4 is 5.32 Å². The molecule has 0 bridgehead atoms. The van der Waals surface area contributed by atoms with Crippen LogP contribution in [0.2, 0.25) is 0 Å². The van der Waals surface area contributed by atoms with Gasteiger partial charge in [-0.15, -0.1) is 0 Å². The molecule has 0 aromatic carbocycles. The van der Waals surface area contributed by atoms with Crippen molar-refractivity contribution in [2.45, 2.75) is 40.5 Å². The van der Waals surface area contributed by atoms with E-state index in [1.807, 2.05) is 6.92 Å². The second-order valence-corrected chi connectivity index (χ2v) is 5.62. The standard InChI is InChI=1S/C14H24BrN3O/c1-5-16-14-13(15)11(9-10(3)4)17-12(18-14)7-8-19-6-2/h10H,5-9H2,1-4H3,(H,16,17,18). The molecule has 1 N–H and O–H groups in total. The first kappa shape index (κ1) is 16.4. The minimum Gasteiger partial charge on any atom is -0.381 e. The van der Waals surface area contributed by atoms with Crippen molar-refractivity contribution in [3.05, 3.63) is 16.0 Å². The van der Waals surface area contributed by atoms with Gasteiger partial charge in [0.2, 0.25) is 0 Å². The van der Waals surface area contributed by atoms with Crippen molar-refractivity contribution in [1.82, 2.24) is 9.97 Å². The fourth-order valence-corrected chi connectivity index (χ4v) is 2.25. The molecule has 4 nitrogen and oxygen atoms in total. The van der Waals surface area contributed by atoms with Gasteiger partial charge in [-0.3, -0.25) is 0 Å². The number of rotatable bonds is 8. The highest BCUT2D eigenvalue weighted by Crippen LogP contribution is 2.25. The molecule has 0 fully saturated rings. The minimum atomic E-state index is 0.570. The number of aromatic nitrogens is 2. The second-order valence-electron chi connectivity index (χ2n) is 4.82. The van der Waals surface area contributed by atoms with Crippen molar-refractivity contribution < 1.29 is 4.74 Å². The summed E-state index contributed by atoms with van der Waals surface area (Å²) >= 11 is 3.61. The summed E-state index contributed by atoms with van der Waals surface area (Å²) in [6, 6.07) is 0. The maximum Gasteiger partial charge on any atom is 0.144 e. The summed E-state index contributed by atoms with van der Waals surface area (Å²) in [7, 11) is 0. The number of anilines is 1. The zero-order valence-electron chi connectivity index (χ0n) is 12.3. The molecule has 0 amide bonds. The lowest BCUT2D eigenvalue weighted by molar-refractivity contribution is 0.149. The van der Waals surface area contributed by atoms with Crippen molar-refractivity contribution in [2.75, 3.05) is 25.1 Å². The lowest BCUT2D eigenvalue weighted by atomic mass is 10.1. The third-order valence-corrected chi connectivity index (χ3v) is 3.42. The Morgan fingerprint density at radius 1 is 1.26 bits per heavy atom. The third kappa shape index (κ3) is 5.45. The van der Waals surface area contributed by atoms with Crippen molar-refractivity contribution in [2.24, 2.45) is 5.92 Å². The van der Waals surface area contributed by atoms with Gasteiger partial charge in [-0.2, -0.15) is 0 Å². The average Bonchev–Trinajstić information content (AvgIpc) is 2.35. The lowest BCUT2D eigenvalue weighted by Gasteiger charge is -2.13. The van der Waals surface area contributed by atoms with Crippen LogP contribution >= 0.6 is 15.9 Å². The fraction of sp³-hybridized carbons (Fsp3) is 0.714. The Balaban J connectivity index is 2.93. The summed E-state index contributed by atoms with van der Waals surface area (Å²) in [5.74, 6) is 2.31. The van der Waals surface area contributed by atoms with E-state index in [0.29, 0.717) is 12.5 Å². The summed E-state index contributed by atoms with van der Waals surface area (Å²) in [4.78, 5) is 9.20. The fourth-order valence-electron chi connectivity index (χ4n) is 1.77. The number of nitrogens with one attached hydrogen (secondary N) is 1. The van der Waals surface area contributed by atoms with Gasteiger partial charge in [0, 0.05) is 19.6 Å². The maximum absolute atomic E-state index is 5.38. The quantitative estimate of drug-likeness (QED) is 0.742. The Hall–Kier alpha value is -0.680. The first-order chi connectivity index (χ1) is 9.08. The Bertz CT molecular complexity index is 397. The number of hydrogen-bond acceptors (Lipinski definition) is 4. The Labute approximate surface area is 124 Å². The average molecular weight is 330 g/mol. The zero-order valence-corrected chi connectivity index (χ0v) is 13.9. The molecule has 0 unspecified atom stereocenters. The van der Waals surface area contributed by atoms with Gasteiger partial charge in [0.25, 0.3) is 0 Å². The summed E-state index contributed by atoms with van der Waals surface area (Å²) in [6.45, 7) is 10.7. The van der Waals surface area contributed by atoms with E-state index >= 15 is 0 Å². The van der Waals surface area contributed by atoms with Crippen LogP contribution in [-0.2, 0) is 17.6 Å². The van der Waals surface area contributed by atoms with Gasteiger partial charge in [-0.25, -0.2) is 9.97 Å². The van der Waals surface area contributed by atoms with Crippen LogP contribution in [0.5, 0.6) is 0 Å². The van der Waals surface area contributed by atoms with Gasteiger partial charge in [0.15, 0.2) is 0 Å². The van der Waals surface area contributed by atoms with Crippen LogP contribution in [-0.4, -0.2) is 29.7 Å². The second kappa shape index (κ2) is 8.48. The number of ether oxygens (including phenoxy) is 1. The van der Waals surface area contributed by atoms with Crippen LogP contribution in [0, 0.1) is 5.92 Å².